The molecule has 1 aromatic carbocycles. The van der Waals surface area contributed by atoms with Crippen LogP contribution in [0.3, 0.4) is 0 Å². The average Bonchev–Trinajstić information content (AvgIpc) is 2.30. The van der Waals surface area contributed by atoms with Gasteiger partial charge in [0, 0.05) is 10.9 Å². The Morgan fingerprint density at radius 3 is 2.75 bits per heavy atom. The second-order valence-corrected chi connectivity index (χ2v) is 3.86. The van der Waals surface area contributed by atoms with Gasteiger partial charge in [0.1, 0.15) is 11.6 Å². The number of ether oxygens (including phenoxy) is 1. The van der Waals surface area contributed by atoms with E-state index in [9.17, 15) is 0 Å². The third kappa shape index (κ3) is 1.58. The van der Waals surface area contributed by atoms with Crippen molar-refractivity contribution in [3.05, 3.63) is 29.3 Å². The van der Waals surface area contributed by atoms with Gasteiger partial charge in [-0.05, 0) is 31.0 Å². The van der Waals surface area contributed by atoms with Gasteiger partial charge in [-0.1, -0.05) is 13.0 Å². The van der Waals surface area contributed by atoms with Gasteiger partial charge in [0.05, 0.1) is 12.6 Å². The molecule has 0 spiro atoms. The first kappa shape index (κ1) is 10.7. The van der Waals surface area contributed by atoms with E-state index in [1.807, 2.05) is 13.0 Å². The quantitative estimate of drug-likeness (QED) is 0.839. The SMILES string of the molecule is CCc1ccc2nc(N)c(C)c(OC)c2c1. The lowest BCUT2D eigenvalue weighted by molar-refractivity contribution is 0.416. The van der Waals surface area contributed by atoms with Gasteiger partial charge in [0.15, 0.2) is 0 Å². The van der Waals surface area contributed by atoms with E-state index < -0.39 is 0 Å². The number of rotatable bonds is 2. The summed E-state index contributed by atoms with van der Waals surface area (Å²) in [4.78, 5) is 4.36. The van der Waals surface area contributed by atoms with Gasteiger partial charge < -0.3 is 10.5 Å². The van der Waals surface area contributed by atoms with Crippen LogP contribution in [0.4, 0.5) is 5.82 Å². The maximum atomic E-state index is 5.84. The van der Waals surface area contributed by atoms with Crippen LogP contribution >= 0.6 is 0 Å². The summed E-state index contributed by atoms with van der Waals surface area (Å²) in [6.45, 7) is 4.06. The van der Waals surface area contributed by atoms with Crippen LogP contribution in [-0.2, 0) is 6.42 Å². The van der Waals surface area contributed by atoms with E-state index in [0.717, 1.165) is 28.6 Å². The zero-order chi connectivity index (χ0) is 11.7. The predicted molar refractivity (Wildman–Crippen MR) is 66.8 cm³/mol. The van der Waals surface area contributed by atoms with E-state index in [0.29, 0.717) is 5.82 Å². The van der Waals surface area contributed by atoms with Gasteiger partial charge in [-0.3, -0.25) is 0 Å². The highest BCUT2D eigenvalue weighted by atomic mass is 16.5. The number of pyridine rings is 1. The number of benzene rings is 1. The molecule has 0 amide bonds. The highest BCUT2D eigenvalue weighted by Gasteiger charge is 2.10. The van der Waals surface area contributed by atoms with Crippen molar-refractivity contribution in [3.8, 4) is 5.75 Å². The zero-order valence-corrected chi connectivity index (χ0v) is 9.87. The molecule has 0 fully saturated rings. The molecule has 1 aromatic heterocycles. The fraction of sp³-hybridized carbons (Fsp3) is 0.308. The van der Waals surface area contributed by atoms with Crippen LogP contribution in [0.15, 0.2) is 18.2 Å². The lowest BCUT2D eigenvalue weighted by Crippen LogP contribution is -1.99. The Morgan fingerprint density at radius 1 is 1.38 bits per heavy atom. The molecule has 0 saturated heterocycles. The Kier molecular flexibility index (Phi) is 2.69. The van der Waals surface area contributed by atoms with E-state index in [-0.39, 0.29) is 0 Å². The Labute approximate surface area is 95.2 Å². The second-order valence-electron chi connectivity index (χ2n) is 3.86. The van der Waals surface area contributed by atoms with Crippen molar-refractivity contribution in [2.24, 2.45) is 0 Å². The molecule has 16 heavy (non-hydrogen) atoms. The lowest BCUT2D eigenvalue weighted by atomic mass is 10.1. The molecule has 3 nitrogen and oxygen atoms in total. The normalized spacial score (nSPS) is 10.7. The van der Waals surface area contributed by atoms with Gasteiger partial charge >= 0.3 is 0 Å². The fourth-order valence-corrected chi connectivity index (χ4v) is 1.88. The number of aryl methyl sites for hydroxylation is 1. The molecular formula is C13H16N2O. The van der Waals surface area contributed by atoms with Gasteiger partial charge in [-0.2, -0.15) is 0 Å². The van der Waals surface area contributed by atoms with Crippen LogP contribution in [0.1, 0.15) is 18.1 Å². The number of nitrogens with two attached hydrogens (primary N) is 1. The Bertz CT molecular complexity index is 535. The molecule has 0 aliphatic carbocycles. The summed E-state index contributed by atoms with van der Waals surface area (Å²) >= 11 is 0. The standard InChI is InChI=1S/C13H16N2O/c1-4-9-5-6-11-10(7-9)12(16-3)8(2)13(14)15-11/h5-7H,4H2,1-3H3,(H2,14,15). The molecular weight excluding hydrogens is 200 g/mol. The van der Waals surface area contributed by atoms with Crippen molar-refractivity contribution in [1.82, 2.24) is 4.98 Å². The summed E-state index contributed by atoms with van der Waals surface area (Å²) in [6, 6.07) is 6.18. The molecule has 84 valence electrons. The summed E-state index contributed by atoms with van der Waals surface area (Å²) in [6.07, 6.45) is 1.00. The Morgan fingerprint density at radius 2 is 2.12 bits per heavy atom. The highest BCUT2D eigenvalue weighted by molar-refractivity contribution is 5.89. The van der Waals surface area contributed by atoms with Crippen molar-refractivity contribution >= 4 is 16.7 Å². The van der Waals surface area contributed by atoms with Gasteiger partial charge in [0.25, 0.3) is 0 Å². The largest absolute Gasteiger partial charge is 0.496 e. The molecule has 2 N–H and O–H groups in total. The van der Waals surface area contributed by atoms with Crippen LogP contribution in [0.5, 0.6) is 5.75 Å². The number of fused-ring (bicyclic) bond motifs is 1. The predicted octanol–water partition coefficient (Wildman–Crippen LogP) is 2.70. The van der Waals surface area contributed by atoms with Gasteiger partial charge in [-0.25, -0.2) is 4.98 Å². The smallest absolute Gasteiger partial charge is 0.134 e. The number of methoxy groups -OCH3 is 1. The average molecular weight is 216 g/mol. The highest BCUT2D eigenvalue weighted by Crippen LogP contribution is 2.31. The summed E-state index contributed by atoms with van der Waals surface area (Å²) in [7, 11) is 1.67. The zero-order valence-electron chi connectivity index (χ0n) is 9.87. The topological polar surface area (TPSA) is 48.1 Å². The van der Waals surface area contributed by atoms with E-state index in [2.05, 4.69) is 24.0 Å². The minimum atomic E-state index is 0.536. The third-order valence-corrected chi connectivity index (χ3v) is 2.88. The van der Waals surface area contributed by atoms with E-state index in [1.165, 1.54) is 5.56 Å². The molecule has 0 atom stereocenters. The summed E-state index contributed by atoms with van der Waals surface area (Å²) < 4.78 is 5.42. The third-order valence-electron chi connectivity index (χ3n) is 2.88. The summed E-state index contributed by atoms with van der Waals surface area (Å²) in [5, 5.41) is 1.04. The van der Waals surface area contributed by atoms with Crippen molar-refractivity contribution in [2.45, 2.75) is 20.3 Å². The van der Waals surface area contributed by atoms with E-state index >= 15 is 0 Å². The van der Waals surface area contributed by atoms with Crippen molar-refractivity contribution in [1.29, 1.82) is 0 Å². The van der Waals surface area contributed by atoms with Crippen LogP contribution < -0.4 is 10.5 Å². The number of aromatic nitrogens is 1. The second kappa shape index (κ2) is 4.00. The minimum absolute atomic E-state index is 0.536. The number of hydrogen-bond donors (Lipinski definition) is 1. The lowest BCUT2D eigenvalue weighted by Gasteiger charge is -2.11. The Hall–Kier alpha value is -1.77. The van der Waals surface area contributed by atoms with Crippen molar-refractivity contribution in [2.75, 3.05) is 12.8 Å². The van der Waals surface area contributed by atoms with Gasteiger partial charge in [-0.15, -0.1) is 0 Å². The fourth-order valence-electron chi connectivity index (χ4n) is 1.88. The van der Waals surface area contributed by atoms with Crippen LogP contribution in [0, 0.1) is 6.92 Å². The first-order valence-electron chi connectivity index (χ1n) is 5.40. The van der Waals surface area contributed by atoms with Gasteiger partial charge in [0.2, 0.25) is 0 Å². The molecule has 0 aliphatic heterocycles. The van der Waals surface area contributed by atoms with Crippen molar-refractivity contribution in [3.63, 3.8) is 0 Å². The van der Waals surface area contributed by atoms with E-state index in [1.54, 1.807) is 7.11 Å². The van der Waals surface area contributed by atoms with Crippen LogP contribution in [0.2, 0.25) is 0 Å². The monoisotopic (exact) mass is 216 g/mol. The van der Waals surface area contributed by atoms with Crippen LogP contribution in [-0.4, -0.2) is 12.1 Å². The maximum Gasteiger partial charge on any atom is 0.134 e. The molecule has 1 heterocycles. The summed E-state index contributed by atoms with van der Waals surface area (Å²) in [5.74, 6) is 1.37. The molecule has 0 radical (unpaired) electrons. The number of anilines is 1. The number of nitrogen functional groups attached to an aromatic ring is 1. The van der Waals surface area contributed by atoms with Crippen molar-refractivity contribution < 1.29 is 4.74 Å². The molecule has 2 aromatic rings. The maximum absolute atomic E-state index is 5.84. The minimum Gasteiger partial charge on any atom is -0.496 e. The molecule has 0 aliphatic rings. The molecule has 0 unspecified atom stereocenters. The molecule has 0 saturated carbocycles. The molecule has 2 rings (SSSR count). The molecule has 3 heteroatoms. The van der Waals surface area contributed by atoms with Crippen LogP contribution in [0.25, 0.3) is 10.9 Å². The van der Waals surface area contributed by atoms with E-state index in [4.69, 9.17) is 10.5 Å². The first-order valence-corrected chi connectivity index (χ1v) is 5.40. The summed E-state index contributed by atoms with van der Waals surface area (Å²) in [5.41, 5.74) is 8.91. The molecule has 0 bridgehead atoms. The number of hydrogen-bond acceptors (Lipinski definition) is 3. The Balaban J connectivity index is 2.81. The number of nitrogens with zero attached hydrogens (tertiary/aromatic N) is 1. The first-order chi connectivity index (χ1) is 7.67.